The van der Waals surface area contributed by atoms with Crippen LogP contribution in [0, 0.1) is 10.5 Å². The molecule has 1 N–H and O–H groups in total. The Morgan fingerprint density at radius 1 is 1.11 bits per heavy atom. The molecule has 1 fully saturated rings. The highest BCUT2D eigenvalue weighted by atomic mass is 127. The van der Waals surface area contributed by atoms with Crippen LogP contribution in [0.5, 0.6) is 0 Å². The van der Waals surface area contributed by atoms with Crippen molar-refractivity contribution in [3.8, 4) is 0 Å². The first kappa shape index (κ1) is 20.5. The number of aryl methyl sites for hydroxylation is 1. The third-order valence-corrected chi connectivity index (χ3v) is 5.52. The second-order valence-corrected chi connectivity index (χ2v) is 8.00. The molecular formula is C22H22INO4. The Morgan fingerprint density at radius 2 is 1.75 bits per heavy atom. The highest BCUT2D eigenvalue weighted by molar-refractivity contribution is 14.1. The number of ether oxygens (including phenoxy) is 1. The quantitative estimate of drug-likeness (QED) is 0.218. The van der Waals surface area contributed by atoms with Crippen molar-refractivity contribution in [1.82, 2.24) is 4.90 Å². The lowest BCUT2D eigenvalue weighted by Crippen LogP contribution is -2.31. The average Bonchev–Trinajstić information content (AvgIpc) is 2.94. The zero-order chi connectivity index (χ0) is 20.3. The molecule has 6 heteroatoms. The number of carbonyl (C=O) groups excluding carboxylic acids is 2. The van der Waals surface area contributed by atoms with Gasteiger partial charge in [0.2, 0.25) is 0 Å². The third kappa shape index (κ3) is 4.12. The first-order valence-corrected chi connectivity index (χ1v) is 10.1. The number of amides is 1. The molecule has 3 rings (SSSR count). The number of hydrogen-bond donors (Lipinski definition) is 1. The fourth-order valence-electron chi connectivity index (χ4n) is 3.35. The van der Waals surface area contributed by atoms with Gasteiger partial charge in [0, 0.05) is 29.4 Å². The molecule has 1 aliphatic rings. The van der Waals surface area contributed by atoms with E-state index in [1.54, 1.807) is 19.2 Å². The normalized spacial score (nSPS) is 18.7. The Labute approximate surface area is 178 Å². The second-order valence-electron chi connectivity index (χ2n) is 6.76. The van der Waals surface area contributed by atoms with E-state index in [1.165, 1.54) is 4.90 Å². The Hall–Kier alpha value is -2.19. The summed E-state index contributed by atoms with van der Waals surface area (Å²) >= 11 is 2.21. The van der Waals surface area contributed by atoms with Crippen molar-refractivity contribution in [2.75, 3.05) is 20.3 Å². The van der Waals surface area contributed by atoms with E-state index in [4.69, 9.17) is 4.74 Å². The summed E-state index contributed by atoms with van der Waals surface area (Å²) in [6.07, 6.45) is 0.606. The number of nitrogens with zero attached hydrogens (tertiary/aromatic N) is 1. The number of carbonyl (C=O) groups is 2. The highest BCUT2D eigenvalue weighted by Crippen LogP contribution is 2.39. The van der Waals surface area contributed by atoms with E-state index in [2.05, 4.69) is 22.6 Å². The van der Waals surface area contributed by atoms with E-state index in [0.29, 0.717) is 25.1 Å². The second kappa shape index (κ2) is 8.87. The largest absolute Gasteiger partial charge is 0.507 e. The van der Waals surface area contributed by atoms with Gasteiger partial charge < -0.3 is 14.7 Å². The summed E-state index contributed by atoms with van der Waals surface area (Å²) in [5.41, 5.74) is 2.50. The number of hydrogen-bond acceptors (Lipinski definition) is 4. The van der Waals surface area contributed by atoms with E-state index in [9.17, 15) is 14.7 Å². The van der Waals surface area contributed by atoms with Crippen LogP contribution >= 0.6 is 22.6 Å². The molecule has 1 amide bonds. The minimum absolute atomic E-state index is 0.132. The molecule has 146 valence electrons. The van der Waals surface area contributed by atoms with Gasteiger partial charge in [0.25, 0.3) is 11.7 Å². The maximum atomic E-state index is 12.8. The van der Waals surface area contributed by atoms with Gasteiger partial charge in [-0.05, 0) is 53.6 Å². The van der Waals surface area contributed by atoms with Crippen molar-refractivity contribution in [1.29, 1.82) is 0 Å². The van der Waals surface area contributed by atoms with Crippen LogP contribution in [-0.2, 0) is 14.3 Å². The van der Waals surface area contributed by atoms with Crippen LogP contribution < -0.4 is 0 Å². The van der Waals surface area contributed by atoms with Crippen molar-refractivity contribution < 1.29 is 19.4 Å². The molecule has 1 atom stereocenters. The van der Waals surface area contributed by atoms with E-state index in [0.717, 1.165) is 14.7 Å². The molecule has 0 bridgehead atoms. The standard InChI is InChI=1S/C22H22INO4/c1-14-4-6-16(7-5-14)20(25)18-19(15-8-10-17(23)11-9-15)24(12-3-13-28-2)22(27)21(18)26/h4-11,19,25H,3,12-13H2,1-2H3/t19-/m1/s1. The Bertz CT molecular complexity index is 903. The number of aliphatic hydroxyl groups is 1. The summed E-state index contributed by atoms with van der Waals surface area (Å²) in [4.78, 5) is 27.1. The molecule has 0 radical (unpaired) electrons. The molecule has 0 unspecified atom stereocenters. The minimum atomic E-state index is -0.654. The number of likely N-dealkylation sites (tertiary alicyclic amines) is 1. The van der Waals surface area contributed by atoms with Crippen LogP contribution in [0.3, 0.4) is 0 Å². The van der Waals surface area contributed by atoms with Crippen LogP contribution in [0.4, 0.5) is 0 Å². The Morgan fingerprint density at radius 3 is 2.36 bits per heavy atom. The Kier molecular flexibility index (Phi) is 6.51. The lowest BCUT2D eigenvalue weighted by atomic mass is 9.95. The fraction of sp³-hybridized carbons (Fsp3) is 0.273. The molecule has 1 saturated heterocycles. The predicted octanol–water partition coefficient (Wildman–Crippen LogP) is 4.06. The van der Waals surface area contributed by atoms with Gasteiger partial charge in [0.05, 0.1) is 11.6 Å². The van der Waals surface area contributed by atoms with Crippen molar-refractivity contribution in [2.45, 2.75) is 19.4 Å². The maximum Gasteiger partial charge on any atom is 0.295 e. The van der Waals surface area contributed by atoms with Crippen LogP contribution in [0.25, 0.3) is 5.76 Å². The highest BCUT2D eigenvalue weighted by Gasteiger charge is 2.45. The molecule has 28 heavy (non-hydrogen) atoms. The van der Waals surface area contributed by atoms with Gasteiger partial charge >= 0.3 is 0 Å². The van der Waals surface area contributed by atoms with Crippen molar-refractivity contribution >= 4 is 40.0 Å². The zero-order valence-corrected chi connectivity index (χ0v) is 18.0. The molecule has 0 spiro atoms. The Balaban J connectivity index is 2.10. The number of methoxy groups -OCH3 is 1. The summed E-state index contributed by atoms with van der Waals surface area (Å²) in [7, 11) is 1.60. The van der Waals surface area contributed by atoms with E-state index < -0.39 is 17.7 Å². The topological polar surface area (TPSA) is 66.8 Å². The smallest absolute Gasteiger partial charge is 0.295 e. The summed E-state index contributed by atoms with van der Waals surface area (Å²) in [5, 5.41) is 10.9. The monoisotopic (exact) mass is 491 g/mol. The molecule has 0 aliphatic carbocycles. The van der Waals surface area contributed by atoms with Gasteiger partial charge in [0.1, 0.15) is 5.76 Å². The van der Waals surface area contributed by atoms with Crippen molar-refractivity contribution in [2.24, 2.45) is 0 Å². The first-order chi connectivity index (χ1) is 13.4. The van der Waals surface area contributed by atoms with Crippen LogP contribution in [-0.4, -0.2) is 42.0 Å². The van der Waals surface area contributed by atoms with Crippen molar-refractivity contribution in [3.63, 3.8) is 0 Å². The lowest BCUT2D eigenvalue weighted by molar-refractivity contribution is -0.140. The molecule has 0 aromatic heterocycles. The van der Waals surface area contributed by atoms with Crippen LogP contribution in [0.2, 0.25) is 0 Å². The molecule has 2 aromatic carbocycles. The number of benzene rings is 2. The number of halogens is 1. The van der Waals surface area contributed by atoms with Gasteiger partial charge in [-0.1, -0.05) is 42.0 Å². The summed E-state index contributed by atoms with van der Waals surface area (Å²) in [5.74, 6) is -1.39. The first-order valence-electron chi connectivity index (χ1n) is 9.04. The maximum absolute atomic E-state index is 12.8. The van der Waals surface area contributed by atoms with E-state index >= 15 is 0 Å². The van der Waals surface area contributed by atoms with E-state index in [-0.39, 0.29) is 11.3 Å². The molecule has 1 aliphatic heterocycles. The van der Waals surface area contributed by atoms with Crippen LogP contribution in [0.15, 0.2) is 54.1 Å². The van der Waals surface area contributed by atoms with Gasteiger partial charge in [0.15, 0.2) is 0 Å². The van der Waals surface area contributed by atoms with Crippen molar-refractivity contribution in [3.05, 3.63) is 74.4 Å². The summed E-state index contributed by atoms with van der Waals surface area (Å²) in [6, 6.07) is 14.3. The lowest BCUT2D eigenvalue weighted by Gasteiger charge is -2.25. The summed E-state index contributed by atoms with van der Waals surface area (Å²) in [6.45, 7) is 2.81. The molecular weight excluding hydrogens is 469 g/mol. The predicted molar refractivity (Wildman–Crippen MR) is 116 cm³/mol. The zero-order valence-electron chi connectivity index (χ0n) is 15.8. The van der Waals surface area contributed by atoms with Gasteiger partial charge in [-0.3, -0.25) is 9.59 Å². The van der Waals surface area contributed by atoms with Gasteiger partial charge in [-0.25, -0.2) is 0 Å². The molecule has 5 nitrogen and oxygen atoms in total. The minimum Gasteiger partial charge on any atom is -0.507 e. The van der Waals surface area contributed by atoms with Gasteiger partial charge in [-0.2, -0.15) is 0 Å². The number of rotatable bonds is 6. The van der Waals surface area contributed by atoms with Crippen LogP contribution in [0.1, 0.15) is 29.2 Å². The fourth-order valence-corrected chi connectivity index (χ4v) is 3.71. The summed E-state index contributed by atoms with van der Waals surface area (Å²) < 4.78 is 6.14. The van der Waals surface area contributed by atoms with Gasteiger partial charge in [-0.15, -0.1) is 0 Å². The number of aliphatic hydroxyl groups excluding tert-OH is 1. The molecule has 2 aromatic rings. The third-order valence-electron chi connectivity index (χ3n) is 4.80. The SMILES string of the molecule is COCCCN1C(=O)C(=O)C(=C(O)c2ccc(C)cc2)[C@H]1c1ccc(I)cc1. The van der Waals surface area contributed by atoms with E-state index in [1.807, 2.05) is 43.3 Å². The number of Topliss-reactive ketones (excluding diaryl/α,β-unsaturated/α-hetero) is 1. The molecule has 0 saturated carbocycles. The number of ketones is 1. The average molecular weight is 491 g/mol. The molecule has 1 heterocycles.